The molecule has 1 aromatic heterocycles. The number of anilines is 1. The number of halogens is 1. The summed E-state index contributed by atoms with van der Waals surface area (Å²) in [6.45, 7) is 1.71. The van der Waals surface area contributed by atoms with Crippen LogP contribution < -0.4 is 16.0 Å². The van der Waals surface area contributed by atoms with Crippen LogP contribution in [0.15, 0.2) is 52.4 Å². The van der Waals surface area contributed by atoms with E-state index in [1.165, 1.54) is 11.3 Å². The first-order chi connectivity index (χ1) is 11.1. The molecule has 0 radical (unpaired) electrons. The maximum atomic E-state index is 12.7. The van der Waals surface area contributed by atoms with Crippen molar-refractivity contribution in [1.29, 1.82) is 0 Å². The molecule has 0 bridgehead atoms. The molecule has 0 fully saturated rings. The highest BCUT2D eigenvalue weighted by molar-refractivity contribution is 7.08. The Kier molecular flexibility index (Phi) is 4.36. The molecule has 1 unspecified atom stereocenters. The predicted octanol–water partition coefficient (Wildman–Crippen LogP) is 3.67. The number of hydrogen-bond donors (Lipinski definition) is 3. The second-order valence-corrected chi connectivity index (χ2v) is 6.25. The summed E-state index contributed by atoms with van der Waals surface area (Å²) in [4.78, 5) is 24.5. The van der Waals surface area contributed by atoms with Crippen LogP contribution >= 0.6 is 22.9 Å². The third kappa shape index (κ3) is 3.23. The quantitative estimate of drug-likeness (QED) is 0.792. The second kappa shape index (κ2) is 6.44. The van der Waals surface area contributed by atoms with Crippen molar-refractivity contribution in [3.63, 3.8) is 0 Å². The smallest absolute Gasteiger partial charge is 0.319 e. The fourth-order valence-corrected chi connectivity index (χ4v) is 3.31. The summed E-state index contributed by atoms with van der Waals surface area (Å²) in [6, 6.07) is 8.08. The van der Waals surface area contributed by atoms with E-state index in [4.69, 9.17) is 11.6 Å². The molecule has 1 aromatic carbocycles. The molecule has 0 spiro atoms. The van der Waals surface area contributed by atoms with Gasteiger partial charge in [0.05, 0.1) is 22.3 Å². The SMILES string of the molecule is CC1=C(C(=O)Nc2ccccc2Cl)C(c2ccsc2)NC(=O)N1. The van der Waals surface area contributed by atoms with Gasteiger partial charge in [0.1, 0.15) is 0 Å². The number of rotatable bonds is 3. The van der Waals surface area contributed by atoms with Crippen molar-refractivity contribution in [2.75, 3.05) is 5.32 Å². The minimum Gasteiger partial charge on any atom is -0.327 e. The van der Waals surface area contributed by atoms with Gasteiger partial charge in [-0.2, -0.15) is 11.3 Å². The molecule has 3 N–H and O–H groups in total. The number of carbonyl (C=O) groups excluding carboxylic acids is 2. The van der Waals surface area contributed by atoms with Crippen molar-refractivity contribution in [3.05, 3.63) is 62.9 Å². The van der Waals surface area contributed by atoms with Gasteiger partial charge in [-0.1, -0.05) is 23.7 Å². The van der Waals surface area contributed by atoms with Crippen LogP contribution in [-0.4, -0.2) is 11.9 Å². The number of hydrogen-bond acceptors (Lipinski definition) is 3. The zero-order valence-corrected chi connectivity index (χ0v) is 13.8. The molecule has 23 heavy (non-hydrogen) atoms. The molecular weight excluding hydrogens is 334 g/mol. The molecule has 1 aliphatic heterocycles. The largest absolute Gasteiger partial charge is 0.327 e. The maximum absolute atomic E-state index is 12.7. The fourth-order valence-electron chi connectivity index (χ4n) is 2.44. The summed E-state index contributed by atoms with van der Waals surface area (Å²) < 4.78 is 0. The molecule has 2 aromatic rings. The number of amides is 3. The summed E-state index contributed by atoms with van der Waals surface area (Å²) in [5.41, 5.74) is 2.38. The van der Waals surface area contributed by atoms with Crippen LogP contribution in [0, 0.1) is 0 Å². The minimum atomic E-state index is -0.488. The van der Waals surface area contributed by atoms with Gasteiger partial charge in [-0.3, -0.25) is 4.79 Å². The number of urea groups is 1. The van der Waals surface area contributed by atoms with E-state index in [1.807, 2.05) is 16.8 Å². The van der Waals surface area contributed by atoms with Gasteiger partial charge in [0.2, 0.25) is 0 Å². The van der Waals surface area contributed by atoms with Crippen LogP contribution in [0.25, 0.3) is 0 Å². The molecule has 118 valence electrons. The van der Waals surface area contributed by atoms with E-state index in [0.29, 0.717) is 22.0 Å². The van der Waals surface area contributed by atoms with Crippen LogP contribution in [-0.2, 0) is 4.79 Å². The van der Waals surface area contributed by atoms with Gasteiger partial charge in [0, 0.05) is 5.70 Å². The standard InChI is InChI=1S/C16H14ClN3O2S/c1-9-13(15(21)19-12-5-3-2-4-11(12)17)14(20-16(22)18-9)10-6-7-23-8-10/h2-8,14H,1H3,(H,19,21)(H2,18,20,22). The molecular formula is C16H14ClN3O2S. The molecule has 0 saturated heterocycles. The number of para-hydroxylation sites is 1. The monoisotopic (exact) mass is 347 g/mol. The summed E-state index contributed by atoms with van der Waals surface area (Å²) >= 11 is 7.60. The zero-order chi connectivity index (χ0) is 16.4. The van der Waals surface area contributed by atoms with Gasteiger partial charge >= 0.3 is 6.03 Å². The molecule has 2 heterocycles. The Balaban J connectivity index is 1.94. The molecule has 5 nitrogen and oxygen atoms in total. The average Bonchev–Trinajstić information content (AvgIpc) is 3.03. The highest BCUT2D eigenvalue weighted by Gasteiger charge is 2.31. The minimum absolute atomic E-state index is 0.306. The van der Waals surface area contributed by atoms with Gasteiger partial charge in [-0.25, -0.2) is 4.79 Å². The molecule has 3 amide bonds. The normalized spacial score (nSPS) is 17.5. The molecule has 1 atom stereocenters. The van der Waals surface area contributed by atoms with Gasteiger partial charge in [-0.15, -0.1) is 0 Å². The lowest BCUT2D eigenvalue weighted by molar-refractivity contribution is -0.113. The number of carbonyl (C=O) groups is 2. The Morgan fingerprint density at radius 2 is 2.09 bits per heavy atom. The lowest BCUT2D eigenvalue weighted by atomic mass is 9.97. The van der Waals surface area contributed by atoms with E-state index < -0.39 is 6.04 Å². The first kappa shape index (κ1) is 15.6. The third-order valence-corrected chi connectivity index (χ3v) is 4.54. The van der Waals surface area contributed by atoms with Crippen LogP contribution in [0.5, 0.6) is 0 Å². The van der Waals surface area contributed by atoms with Crippen molar-refractivity contribution in [2.24, 2.45) is 0 Å². The van der Waals surface area contributed by atoms with Crippen molar-refractivity contribution in [1.82, 2.24) is 10.6 Å². The first-order valence-corrected chi connectivity index (χ1v) is 8.24. The van der Waals surface area contributed by atoms with Gasteiger partial charge < -0.3 is 16.0 Å². The van der Waals surface area contributed by atoms with Crippen LogP contribution in [0.2, 0.25) is 5.02 Å². The van der Waals surface area contributed by atoms with E-state index in [0.717, 1.165) is 5.56 Å². The fraction of sp³-hybridized carbons (Fsp3) is 0.125. The molecule has 3 rings (SSSR count). The molecule has 0 saturated carbocycles. The lowest BCUT2D eigenvalue weighted by Gasteiger charge is -2.28. The van der Waals surface area contributed by atoms with Crippen molar-refractivity contribution >= 4 is 40.6 Å². The average molecular weight is 348 g/mol. The Labute approximate surface area is 142 Å². The maximum Gasteiger partial charge on any atom is 0.319 e. The second-order valence-electron chi connectivity index (χ2n) is 5.06. The van der Waals surface area contributed by atoms with E-state index in [9.17, 15) is 9.59 Å². The van der Waals surface area contributed by atoms with Gasteiger partial charge in [0.15, 0.2) is 0 Å². The molecule has 1 aliphatic rings. The Hall–Kier alpha value is -2.31. The van der Waals surface area contributed by atoms with E-state index in [2.05, 4.69) is 16.0 Å². The predicted molar refractivity (Wildman–Crippen MR) is 91.5 cm³/mol. The number of benzene rings is 1. The zero-order valence-electron chi connectivity index (χ0n) is 12.2. The number of nitrogens with one attached hydrogen (secondary N) is 3. The number of allylic oxidation sites excluding steroid dienone is 1. The van der Waals surface area contributed by atoms with E-state index >= 15 is 0 Å². The first-order valence-electron chi connectivity index (χ1n) is 6.92. The van der Waals surface area contributed by atoms with Gasteiger partial charge in [-0.05, 0) is 41.4 Å². The van der Waals surface area contributed by atoms with Gasteiger partial charge in [0.25, 0.3) is 5.91 Å². The Morgan fingerprint density at radius 1 is 1.30 bits per heavy atom. The highest BCUT2D eigenvalue weighted by atomic mass is 35.5. The third-order valence-electron chi connectivity index (χ3n) is 3.51. The summed E-state index contributed by atoms with van der Waals surface area (Å²) in [5.74, 6) is -0.306. The van der Waals surface area contributed by atoms with Crippen molar-refractivity contribution < 1.29 is 9.59 Å². The highest BCUT2D eigenvalue weighted by Crippen LogP contribution is 2.30. The van der Waals surface area contributed by atoms with Crippen LogP contribution in [0.4, 0.5) is 10.5 Å². The summed E-state index contributed by atoms with van der Waals surface area (Å²) in [7, 11) is 0. The summed E-state index contributed by atoms with van der Waals surface area (Å²) in [6.07, 6.45) is 0. The van der Waals surface area contributed by atoms with Crippen molar-refractivity contribution in [2.45, 2.75) is 13.0 Å². The summed E-state index contributed by atoms with van der Waals surface area (Å²) in [5, 5.41) is 12.5. The topological polar surface area (TPSA) is 70.2 Å². The Morgan fingerprint density at radius 3 is 2.78 bits per heavy atom. The van der Waals surface area contributed by atoms with Crippen molar-refractivity contribution in [3.8, 4) is 0 Å². The van der Waals surface area contributed by atoms with E-state index in [1.54, 1.807) is 31.2 Å². The molecule has 0 aliphatic carbocycles. The lowest BCUT2D eigenvalue weighted by Crippen LogP contribution is -2.45. The van der Waals surface area contributed by atoms with Crippen LogP contribution in [0.3, 0.4) is 0 Å². The van der Waals surface area contributed by atoms with Crippen LogP contribution in [0.1, 0.15) is 18.5 Å². The van der Waals surface area contributed by atoms with E-state index in [-0.39, 0.29) is 11.9 Å². The Bertz CT molecular complexity index is 786. The molecule has 7 heteroatoms. The number of thiophene rings is 1.